The van der Waals surface area contributed by atoms with Crippen LogP contribution in [0.25, 0.3) is 0 Å². The predicted octanol–water partition coefficient (Wildman–Crippen LogP) is 4.82. The molecule has 0 spiro atoms. The summed E-state index contributed by atoms with van der Waals surface area (Å²) in [6.07, 6.45) is -0.289. The lowest BCUT2D eigenvalue weighted by atomic mass is 9.88. The van der Waals surface area contributed by atoms with Crippen LogP contribution >= 0.6 is 24.8 Å². The maximum absolute atomic E-state index is 13.8. The number of rotatable bonds is 3. The van der Waals surface area contributed by atoms with Gasteiger partial charge in [-0.05, 0) is 42.5 Å². The van der Waals surface area contributed by atoms with Crippen molar-refractivity contribution in [3.63, 3.8) is 0 Å². The molecule has 1 aromatic carbocycles. The molecule has 0 amide bonds. The van der Waals surface area contributed by atoms with Gasteiger partial charge in [-0.15, -0.1) is 24.8 Å². The van der Waals surface area contributed by atoms with Crippen molar-refractivity contribution in [2.45, 2.75) is 37.9 Å². The van der Waals surface area contributed by atoms with Gasteiger partial charge < -0.3 is 5.32 Å². The highest BCUT2D eigenvalue weighted by molar-refractivity contribution is 5.85. The molecule has 8 heteroatoms. The zero-order chi connectivity index (χ0) is 16.4. The molecule has 2 fully saturated rings. The third-order valence-electron chi connectivity index (χ3n) is 4.98. The maximum Gasteiger partial charge on any atom is 0.416 e. The molecule has 1 N–H and O–H groups in total. The zero-order valence-electron chi connectivity index (χ0n) is 13.8. The monoisotopic (exact) mass is 402 g/mol. The van der Waals surface area contributed by atoms with Crippen molar-refractivity contribution in [1.29, 1.82) is 0 Å². The first-order chi connectivity index (χ1) is 10.9. The Bertz CT molecular complexity index is 542. The molecule has 1 aliphatic heterocycles. The van der Waals surface area contributed by atoms with Crippen LogP contribution in [0.3, 0.4) is 0 Å². The molecule has 25 heavy (non-hydrogen) atoms. The summed E-state index contributed by atoms with van der Waals surface area (Å²) >= 11 is 0. The molecular weight excluding hydrogens is 379 g/mol. The minimum atomic E-state index is -4.51. The van der Waals surface area contributed by atoms with Gasteiger partial charge in [-0.3, -0.25) is 4.90 Å². The molecule has 0 aromatic heterocycles. The summed E-state index contributed by atoms with van der Waals surface area (Å²) in [5.74, 6) is -0.482. The van der Waals surface area contributed by atoms with Crippen molar-refractivity contribution >= 4 is 24.8 Å². The van der Waals surface area contributed by atoms with Crippen molar-refractivity contribution in [2.24, 2.45) is 5.92 Å². The topological polar surface area (TPSA) is 15.3 Å². The minimum Gasteiger partial charge on any atom is -0.314 e. The zero-order valence-corrected chi connectivity index (χ0v) is 15.5. The van der Waals surface area contributed by atoms with E-state index in [2.05, 4.69) is 10.2 Å². The van der Waals surface area contributed by atoms with Gasteiger partial charge in [0.05, 0.1) is 5.56 Å². The molecule has 0 radical (unpaired) electrons. The first kappa shape index (κ1) is 22.5. The van der Waals surface area contributed by atoms with Crippen LogP contribution in [0, 0.1) is 11.7 Å². The smallest absolute Gasteiger partial charge is 0.314 e. The van der Waals surface area contributed by atoms with Crippen LogP contribution in [-0.4, -0.2) is 31.1 Å². The Hall–Kier alpha value is -0.560. The van der Waals surface area contributed by atoms with Crippen molar-refractivity contribution in [3.05, 3.63) is 35.1 Å². The van der Waals surface area contributed by atoms with E-state index in [-0.39, 0.29) is 30.9 Å². The highest BCUT2D eigenvalue weighted by Crippen LogP contribution is 2.41. The summed E-state index contributed by atoms with van der Waals surface area (Å²) in [7, 11) is 0. The van der Waals surface area contributed by atoms with E-state index >= 15 is 0 Å². The Morgan fingerprint density at radius 3 is 2.16 bits per heavy atom. The Morgan fingerprint density at radius 1 is 1.00 bits per heavy atom. The van der Waals surface area contributed by atoms with Crippen molar-refractivity contribution < 1.29 is 17.6 Å². The summed E-state index contributed by atoms with van der Waals surface area (Å²) < 4.78 is 53.0. The van der Waals surface area contributed by atoms with Crippen LogP contribution in [0.5, 0.6) is 0 Å². The summed E-state index contributed by atoms with van der Waals surface area (Å²) in [6, 6.07) is 2.91. The Labute approximate surface area is 158 Å². The van der Waals surface area contributed by atoms with E-state index in [9.17, 15) is 17.6 Å². The van der Waals surface area contributed by atoms with E-state index in [0.29, 0.717) is 17.5 Å². The van der Waals surface area contributed by atoms with Crippen LogP contribution in [0.15, 0.2) is 18.2 Å². The Kier molecular flexibility index (Phi) is 8.45. The quantitative estimate of drug-likeness (QED) is 0.728. The standard InChI is InChI=1S/C17H22F4N2.2ClH/c18-15-10-13(9-14(11-15)17(19,20)21)16(12-3-1-2-4-12)23-7-5-22-6-8-23;;/h9-12,16,22H,1-8H2;2*1H/t16-;;/m0../s1. The number of piperazine rings is 1. The molecule has 1 atom stereocenters. The van der Waals surface area contributed by atoms with Gasteiger partial charge in [0.1, 0.15) is 5.82 Å². The van der Waals surface area contributed by atoms with Gasteiger partial charge in [0.25, 0.3) is 0 Å². The van der Waals surface area contributed by atoms with Crippen molar-refractivity contribution in [2.75, 3.05) is 26.2 Å². The van der Waals surface area contributed by atoms with Gasteiger partial charge in [0.2, 0.25) is 0 Å². The van der Waals surface area contributed by atoms with Gasteiger partial charge in [0.15, 0.2) is 0 Å². The molecule has 144 valence electrons. The number of benzene rings is 1. The van der Waals surface area contributed by atoms with Gasteiger partial charge >= 0.3 is 6.18 Å². The minimum absolute atomic E-state index is 0. The van der Waals surface area contributed by atoms with E-state index < -0.39 is 17.6 Å². The Balaban J connectivity index is 0.00000156. The fourth-order valence-electron chi connectivity index (χ4n) is 3.96. The number of hydrogen-bond acceptors (Lipinski definition) is 2. The van der Waals surface area contributed by atoms with Crippen LogP contribution in [0.4, 0.5) is 17.6 Å². The fraction of sp³-hybridized carbons (Fsp3) is 0.647. The van der Waals surface area contributed by atoms with Gasteiger partial charge in [-0.25, -0.2) is 4.39 Å². The number of nitrogens with zero attached hydrogens (tertiary/aromatic N) is 1. The molecule has 0 unspecified atom stereocenters. The lowest BCUT2D eigenvalue weighted by molar-refractivity contribution is -0.137. The third-order valence-corrected chi connectivity index (χ3v) is 4.98. The summed E-state index contributed by atoms with van der Waals surface area (Å²) in [5.41, 5.74) is -0.406. The van der Waals surface area contributed by atoms with Crippen LogP contribution in [0.1, 0.15) is 42.9 Å². The first-order valence-electron chi connectivity index (χ1n) is 8.27. The predicted molar refractivity (Wildman–Crippen MR) is 95.0 cm³/mol. The highest BCUT2D eigenvalue weighted by Gasteiger charge is 2.36. The maximum atomic E-state index is 13.8. The average Bonchev–Trinajstić information content (AvgIpc) is 3.01. The number of alkyl halides is 3. The highest BCUT2D eigenvalue weighted by atomic mass is 35.5. The summed E-state index contributed by atoms with van der Waals surface area (Å²) in [6.45, 7) is 3.23. The molecule has 1 heterocycles. The second-order valence-corrected chi connectivity index (χ2v) is 6.55. The first-order valence-corrected chi connectivity index (χ1v) is 8.27. The van der Waals surface area contributed by atoms with Crippen LogP contribution in [-0.2, 0) is 6.18 Å². The number of nitrogens with one attached hydrogen (secondary N) is 1. The molecule has 1 saturated carbocycles. The molecule has 2 aliphatic rings. The van der Waals surface area contributed by atoms with Crippen LogP contribution < -0.4 is 5.32 Å². The molecule has 1 aliphatic carbocycles. The van der Waals surface area contributed by atoms with Gasteiger partial charge in [-0.2, -0.15) is 13.2 Å². The normalized spacial score (nSPS) is 20.6. The van der Waals surface area contributed by atoms with Gasteiger partial charge in [0, 0.05) is 32.2 Å². The Morgan fingerprint density at radius 2 is 1.60 bits per heavy atom. The lowest BCUT2D eigenvalue weighted by Gasteiger charge is -2.39. The molecule has 1 saturated heterocycles. The largest absolute Gasteiger partial charge is 0.416 e. The lowest BCUT2D eigenvalue weighted by Crippen LogP contribution is -2.46. The molecule has 3 rings (SSSR count). The summed E-state index contributed by atoms with van der Waals surface area (Å²) in [4.78, 5) is 2.22. The van der Waals surface area contributed by atoms with Gasteiger partial charge in [-0.1, -0.05) is 12.8 Å². The van der Waals surface area contributed by atoms with Crippen molar-refractivity contribution in [1.82, 2.24) is 10.2 Å². The van der Waals surface area contributed by atoms with E-state index in [1.54, 1.807) is 0 Å². The third kappa shape index (κ3) is 5.46. The van der Waals surface area contributed by atoms with E-state index in [0.717, 1.165) is 57.9 Å². The van der Waals surface area contributed by atoms with E-state index in [1.807, 2.05) is 0 Å². The van der Waals surface area contributed by atoms with E-state index in [1.165, 1.54) is 6.07 Å². The average molecular weight is 403 g/mol. The van der Waals surface area contributed by atoms with Crippen molar-refractivity contribution in [3.8, 4) is 0 Å². The van der Waals surface area contributed by atoms with E-state index in [4.69, 9.17) is 0 Å². The molecular formula is C17H24Cl2F4N2. The summed E-state index contributed by atoms with van der Waals surface area (Å²) in [5, 5.41) is 3.26. The second kappa shape index (κ2) is 9.40. The molecule has 0 bridgehead atoms. The second-order valence-electron chi connectivity index (χ2n) is 6.55. The molecule has 1 aromatic rings. The SMILES string of the molecule is Cl.Cl.Fc1cc([C@H](C2CCCC2)N2CCNCC2)cc(C(F)(F)F)c1. The number of halogens is 6. The fourth-order valence-corrected chi connectivity index (χ4v) is 3.96. The number of hydrogen-bond donors (Lipinski definition) is 1. The molecule has 2 nitrogen and oxygen atoms in total. The van der Waals surface area contributed by atoms with Crippen LogP contribution in [0.2, 0.25) is 0 Å².